The highest BCUT2D eigenvalue weighted by molar-refractivity contribution is 5.77. The van der Waals surface area contributed by atoms with E-state index in [1.165, 1.54) is 11.1 Å². The van der Waals surface area contributed by atoms with Crippen molar-refractivity contribution in [1.82, 2.24) is 20.1 Å². The maximum atomic E-state index is 12.7. The number of rotatable bonds is 6. The fourth-order valence-corrected chi connectivity index (χ4v) is 4.15. The molecule has 0 aliphatic carbocycles. The normalized spacial score (nSPS) is 22.1. The molecule has 1 aromatic carbocycles. The van der Waals surface area contributed by atoms with Gasteiger partial charge in [-0.15, -0.1) is 10.2 Å². The molecule has 0 bridgehead atoms. The molecule has 1 amide bonds. The van der Waals surface area contributed by atoms with Crippen LogP contribution < -0.4 is 5.32 Å². The predicted octanol–water partition coefficient (Wildman–Crippen LogP) is 2.62. The van der Waals surface area contributed by atoms with E-state index in [1.807, 2.05) is 4.57 Å². The summed E-state index contributed by atoms with van der Waals surface area (Å²) in [7, 11) is 0. The second-order valence-electron chi connectivity index (χ2n) is 7.86. The van der Waals surface area contributed by atoms with E-state index < -0.39 is 0 Å². The van der Waals surface area contributed by atoms with E-state index in [0.717, 1.165) is 12.8 Å². The summed E-state index contributed by atoms with van der Waals surface area (Å²) in [4.78, 5) is 12.7. The van der Waals surface area contributed by atoms with Crippen LogP contribution in [0, 0.1) is 6.92 Å². The molecule has 1 aliphatic rings. The number of nitrogens with one attached hydrogen (secondary N) is 1. The van der Waals surface area contributed by atoms with E-state index in [1.54, 1.807) is 12.7 Å². The van der Waals surface area contributed by atoms with Crippen LogP contribution in [-0.2, 0) is 21.5 Å². The first kappa shape index (κ1) is 18.6. The van der Waals surface area contributed by atoms with Crippen LogP contribution in [0.1, 0.15) is 44.2 Å². The van der Waals surface area contributed by atoms with Crippen molar-refractivity contribution in [3.8, 4) is 0 Å². The van der Waals surface area contributed by atoms with E-state index >= 15 is 0 Å². The number of hydrogen-bond acceptors (Lipinski definition) is 4. The SMILES string of the molecule is Cc1ccccc1[C@]1(CC(=O)NCCn2cnnc2)CCOC(C)(C)C1. The third-order valence-corrected chi connectivity index (χ3v) is 5.21. The number of carbonyl (C=O) groups excluding carboxylic acids is 1. The first-order valence-electron chi connectivity index (χ1n) is 9.19. The second-order valence-corrected chi connectivity index (χ2v) is 7.86. The van der Waals surface area contributed by atoms with Crippen molar-refractivity contribution in [1.29, 1.82) is 0 Å². The number of aryl methyl sites for hydroxylation is 1. The van der Waals surface area contributed by atoms with Gasteiger partial charge < -0.3 is 14.6 Å². The molecular formula is C20H28N4O2. The van der Waals surface area contributed by atoms with Crippen molar-refractivity contribution in [3.63, 3.8) is 0 Å². The Balaban J connectivity index is 1.73. The number of aromatic nitrogens is 3. The second kappa shape index (κ2) is 7.58. The van der Waals surface area contributed by atoms with Crippen LogP contribution in [0.25, 0.3) is 0 Å². The molecule has 3 rings (SSSR count). The standard InChI is InChI=1S/C20H28N4O2/c1-16-6-4-5-7-17(16)20(8-11-26-19(2,3)13-20)12-18(25)21-9-10-24-14-22-23-15-24/h4-7,14-15H,8-13H2,1-3H3,(H,21,25)/t20-/m0/s1. The van der Waals surface area contributed by atoms with Crippen LogP contribution in [0.3, 0.4) is 0 Å². The lowest BCUT2D eigenvalue weighted by molar-refractivity contribution is -0.126. The third kappa shape index (κ3) is 4.30. The predicted molar refractivity (Wildman–Crippen MR) is 99.8 cm³/mol. The molecule has 1 fully saturated rings. The van der Waals surface area contributed by atoms with Crippen molar-refractivity contribution >= 4 is 5.91 Å². The highest BCUT2D eigenvalue weighted by atomic mass is 16.5. The molecule has 1 aromatic heterocycles. The Hall–Kier alpha value is -2.21. The van der Waals surface area contributed by atoms with Gasteiger partial charge in [-0.05, 0) is 44.7 Å². The number of carbonyl (C=O) groups is 1. The van der Waals surface area contributed by atoms with Crippen LogP contribution in [-0.4, -0.2) is 39.4 Å². The monoisotopic (exact) mass is 356 g/mol. The molecule has 0 spiro atoms. The summed E-state index contributed by atoms with van der Waals surface area (Å²) in [5, 5.41) is 10.6. The van der Waals surface area contributed by atoms with Gasteiger partial charge >= 0.3 is 0 Å². The summed E-state index contributed by atoms with van der Waals surface area (Å²) in [5.41, 5.74) is 2.09. The van der Waals surface area contributed by atoms with Gasteiger partial charge in [-0.25, -0.2) is 0 Å². The summed E-state index contributed by atoms with van der Waals surface area (Å²) in [6.07, 6.45) is 5.49. The number of benzene rings is 1. The van der Waals surface area contributed by atoms with Gasteiger partial charge in [-0.2, -0.15) is 0 Å². The largest absolute Gasteiger partial charge is 0.376 e. The highest BCUT2D eigenvalue weighted by Crippen LogP contribution is 2.45. The maximum absolute atomic E-state index is 12.7. The van der Waals surface area contributed by atoms with Gasteiger partial charge in [0.05, 0.1) is 5.60 Å². The van der Waals surface area contributed by atoms with E-state index in [9.17, 15) is 4.79 Å². The molecule has 2 heterocycles. The summed E-state index contributed by atoms with van der Waals surface area (Å²) in [5.74, 6) is 0.0824. The zero-order valence-electron chi connectivity index (χ0n) is 15.9. The van der Waals surface area contributed by atoms with E-state index in [2.05, 4.69) is 60.6 Å². The average Bonchev–Trinajstić information content (AvgIpc) is 3.07. The molecule has 6 nitrogen and oxygen atoms in total. The lowest BCUT2D eigenvalue weighted by Crippen LogP contribution is -2.47. The van der Waals surface area contributed by atoms with Gasteiger partial charge in [0.2, 0.25) is 5.91 Å². The van der Waals surface area contributed by atoms with Crippen molar-refractivity contribution in [2.75, 3.05) is 13.2 Å². The molecule has 1 atom stereocenters. The Morgan fingerprint density at radius 1 is 1.27 bits per heavy atom. The Morgan fingerprint density at radius 2 is 2.00 bits per heavy atom. The molecule has 140 valence electrons. The van der Waals surface area contributed by atoms with Crippen LogP contribution in [0.4, 0.5) is 0 Å². The van der Waals surface area contributed by atoms with Gasteiger partial charge in [0.1, 0.15) is 12.7 Å². The number of hydrogen-bond donors (Lipinski definition) is 1. The van der Waals surface area contributed by atoms with E-state index in [-0.39, 0.29) is 16.9 Å². The highest BCUT2D eigenvalue weighted by Gasteiger charge is 2.44. The minimum atomic E-state index is -0.233. The molecule has 1 N–H and O–H groups in total. The van der Waals surface area contributed by atoms with Gasteiger partial charge in [-0.1, -0.05) is 24.3 Å². The van der Waals surface area contributed by atoms with Crippen LogP contribution >= 0.6 is 0 Å². The van der Waals surface area contributed by atoms with Gasteiger partial charge in [0, 0.05) is 31.5 Å². The summed E-state index contributed by atoms with van der Waals surface area (Å²) in [6.45, 7) is 8.27. The van der Waals surface area contributed by atoms with Gasteiger partial charge in [-0.3, -0.25) is 4.79 Å². The topological polar surface area (TPSA) is 69.0 Å². The minimum absolute atomic E-state index is 0.0824. The Morgan fingerprint density at radius 3 is 2.69 bits per heavy atom. The molecule has 1 aliphatic heterocycles. The molecule has 1 saturated heterocycles. The van der Waals surface area contributed by atoms with Crippen molar-refractivity contribution in [3.05, 3.63) is 48.0 Å². The molecular weight excluding hydrogens is 328 g/mol. The summed E-state index contributed by atoms with van der Waals surface area (Å²) < 4.78 is 7.80. The average molecular weight is 356 g/mol. The van der Waals surface area contributed by atoms with Gasteiger partial charge in [0.25, 0.3) is 0 Å². The van der Waals surface area contributed by atoms with Crippen molar-refractivity contribution in [2.45, 2.75) is 57.6 Å². The molecule has 0 radical (unpaired) electrons. The quantitative estimate of drug-likeness (QED) is 0.864. The Bertz CT molecular complexity index is 742. The summed E-state index contributed by atoms with van der Waals surface area (Å²) >= 11 is 0. The molecule has 0 unspecified atom stereocenters. The smallest absolute Gasteiger partial charge is 0.220 e. The zero-order chi connectivity index (χ0) is 18.6. The fraction of sp³-hybridized carbons (Fsp3) is 0.550. The van der Waals surface area contributed by atoms with Crippen LogP contribution in [0.15, 0.2) is 36.9 Å². The molecule has 2 aromatic rings. The lowest BCUT2D eigenvalue weighted by atomic mass is 9.66. The van der Waals surface area contributed by atoms with Gasteiger partial charge in [0.15, 0.2) is 0 Å². The van der Waals surface area contributed by atoms with Crippen LogP contribution in [0.2, 0.25) is 0 Å². The number of ether oxygens (including phenoxy) is 1. The van der Waals surface area contributed by atoms with E-state index in [4.69, 9.17) is 4.74 Å². The lowest BCUT2D eigenvalue weighted by Gasteiger charge is -2.45. The number of amides is 1. The van der Waals surface area contributed by atoms with Crippen molar-refractivity contribution in [2.24, 2.45) is 0 Å². The zero-order valence-corrected chi connectivity index (χ0v) is 15.9. The van der Waals surface area contributed by atoms with E-state index in [0.29, 0.717) is 26.1 Å². The minimum Gasteiger partial charge on any atom is -0.376 e. The fourth-order valence-electron chi connectivity index (χ4n) is 4.15. The maximum Gasteiger partial charge on any atom is 0.220 e. The Kier molecular flexibility index (Phi) is 5.41. The first-order chi connectivity index (χ1) is 12.4. The third-order valence-electron chi connectivity index (χ3n) is 5.21. The summed E-state index contributed by atoms with van der Waals surface area (Å²) in [6, 6.07) is 8.41. The molecule has 6 heteroatoms. The van der Waals surface area contributed by atoms with Crippen molar-refractivity contribution < 1.29 is 9.53 Å². The molecule has 26 heavy (non-hydrogen) atoms. The molecule has 0 saturated carbocycles. The number of nitrogens with zero attached hydrogens (tertiary/aromatic N) is 3. The van der Waals surface area contributed by atoms with Crippen LogP contribution in [0.5, 0.6) is 0 Å². The first-order valence-corrected chi connectivity index (χ1v) is 9.19. The Labute approximate surface area is 155 Å².